The molecule has 2 N–H and O–H groups in total. The van der Waals surface area contributed by atoms with Gasteiger partial charge in [0, 0.05) is 38.5 Å². The molecule has 164 valence electrons. The van der Waals surface area contributed by atoms with Gasteiger partial charge >= 0.3 is 0 Å². The molecule has 0 aliphatic carbocycles. The van der Waals surface area contributed by atoms with E-state index in [2.05, 4.69) is 34.4 Å². The molecular formula is C21H36N4O3S. The van der Waals surface area contributed by atoms with Gasteiger partial charge in [0.2, 0.25) is 0 Å². The first-order valence-corrected chi connectivity index (χ1v) is 12.5. The van der Waals surface area contributed by atoms with Gasteiger partial charge in [-0.3, -0.25) is 0 Å². The molecule has 0 aromatic heterocycles. The lowest BCUT2D eigenvalue weighted by atomic mass is 10.1. The monoisotopic (exact) mass is 424 g/mol. The van der Waals surface area contributed by atoms with Crippen molar-refractivity contribution in [1.82, 2.24) is 15.5 Å². The van der Waals surface area contributed by atoms with Crippen LogP contribution in [-0.2, 0) is 9.84 Å². The number of nitrogens with zero attached hydrogens (tertiary/aromatic N) is 2. The fraction of sp³-hybridized carbons (Fsp3) is 0.667. The van der Waals surface area contributed by atoms with Crippen LogP contribution in [0.4, 0.5) is 0 Å². The van der Waals surface area contributed by atoms with Gasteiger partial charge < -0.3 is 20.3 Å². The third kappa shape index (κ3) is 9.49. The van der Waals surface area contributed by atoms with Crippen molar-refractivity contribution in [3.63, 3.8) is 0 Å². The molecule has 1 aromatic rings. The molecular weight excluding hydrogens is 388 g/mol. The number of hydrogen-bond donors (Lipinski definition) is 2. The summed E-state index contributed by atoms with van der Waals surface area (Å²) in [7, 11) is -2.90. The summed E-state index contributed by atoms with van der Waals surface area (Å²) in [4.78, 5) is 6.91. The summed E-state index contributed by atoms with van der Waals surface area (Å²) in [5, 5.41) is 6.82. The van der Waals surface area contributed by atoms with Gasteiger partial charge in [0.1, 0.15) is 21.7 Å². The molecule has 8 heteroatoms. The second-order valence-electron chi connectivity index (χ2n) is 7.85. The highest BCUT2D eigenvalue weighted by Crippen LogP contribution is 2.13. The van der Waals surface area contributed by atoms with Crippen LogP contribution in [-0.4, -0.2) is 76.2 Å². The number of aliphatic imine (C=N–C) groups is 1. The van der Waals surface area contributed by atoms with E-state index in [0.717, 1.165) is 44.2 Å². The summed E-state index contributed by atoms with van der Waals surface area (Å²) >= 11 is 0. The number of hydrogen-bond acceptors (Lipinski definition) is 5. The van der Waals surface area contributed by atoms with Crippen LogP contribution in [0.2, 0.25) is 0 Å². The van der Waals surface area contributed by atoms with E-state index >= 15 is 0 Å². The van der Waals surface area contributed by atoms with Crippen molar-refractivity contribution in [3.8, 4) is 5.75 Å². The Hall–Kier alpha value is -1.80. The average molecular weight is 425 g/mol. The molecule has 0 amide bonds. The molecule has 0 saturated carbocycles. The van der Waals surface area contributed by atoms with Crippen LogP contribution in [0.25, 0.3) is 0 Å². The topological polar surface area (TPSA) is 83.0 Å². The van der Waals surface area contributed by atoms with Crippen LogP contribution in [0.15, 0.2) is 29.3 Å². The Labute approximate surface area is 175 Å². The average Bonchev–Trinajstić information content (AvgIpc) is 2.67. The fourth-order valence-electron chi connectivity index (χ4n) is 3.22. The molecule has 1 atom stereocenters. The molecule has 1 heterocycles. The number of benzene rings is 1. The van der Waals surface area contributed by atoms with Gasteiger partial charge in [-0.05, 0) is 45.7 Å². The Balaban J connectivity index is 1.79. The van der Waals surface area contributed by atoms with Crippen molar-refractivity contribution in [2.45, 2.75) is 45.8 Å². The van der Waals surface area contributed by atoms with Crippen LogP contribution in [0.5, 0.6) is 5.75 Å². The molecule has 1 aliphatic rings. The summed E-state index contributed by atoms with van der Waals surface area (Å²) < 4.78 is 28.6. The number of nitrogens with one attached hydrogen (secondary N) is 2. The summed E-state index contributed by atoms with van der Waals surface area (Å²) in [5.41, 5.74) is 1.21. The summed E-state index contributed by atoms with van der Waals surface area (Å²) in [5.74, 6) is 1.90. The summed E-state index contributed by atoms with van der Waals surface area (Å²) in [6, 6.07) is 8.39. The van der Waals surface area contributed by atoms with E-state index in [-0.39, 0.29) is 11.9 Å². The zero-order valence-electron chi connectivity index (χ0n) is 18.1. The highest BCUT2D eigenvalue weighted by Gasteiger charge is 2.20. The Bertz CT molecular complexity index is 742. The SMILES string of the molecule is CCNC(=NCC(C)Oc1ccc(C)cc1)NC1CCN(CCS(C)(=O)=O)CC1. The van der Waals surface area contributed by atoms with Gasteiger partial charge in [-0.15, -0.1) is 0 Å². The van der Waals surface area contributed by atoms with Crippen molar-refractivity contribution >= 4 is 15.8 Å². The van der Waals surface area contributed by atoms with Crippen LogP contribution < -0.4 is 15.4 Å². The molecule has 29 heavy (non-hydrogen) atoms. The molecule has 1 unspecified atom stereocenters. The maximum absolute atomic E-state index is 11.3. The van der Waals surface area contributed by atoms with Crippen molar-refractivity contribution in [2.24, 2.45) is 4.99 Å². The molecule has 2 rings (SSSR count). The van der Waals surface area contributed by atoms with Crippen LogP contribution in [0.1, 0.15) is 32.3 Å². The molecule has 7 nitrogen and oxygen atoms in total. The van der Waals surface area contributed by atoms with Crippen LogP contribution in [0, 0.1) is 6.92 Å². The Morgan fingerprint density at radius 1 is 1.28 bits per heavy atom. The second-order valence-corrected chi connectivity index (χ2v) is 10.1. The lowest BCUT2D eigenvalue weighted by Gasteiger charge is -2.33. The minimum atomic E-state index is -2.90. The fourth-order valence-corrected chi connectivity index (χ4v) is 3.81. The lowest BCUT2D eigenvalue weighted by molar-refractivity contribution is 0.215. The number of piperidine rings is 1. The minimum absolute atomic E-state index is 0.0222. The van der Waals surface area contributed by atoms with E-state index in [1.54, 1.807) is 0 Å². The van der Waals surface area contributed by atoms with Gasteiger partial charge in [0.05, 0.1) is 12.3 Å². The second kappa shape index (κ2) is 11.4. The van der Waals surface area contributed by atoms with Crippen molar-refractivity contribution in [2.75, 3.05) is 44.7 Å². The third-order valence-corrected chi connectivity index (χ3v) is 5.84. The smallest absolute Gasteiger partial charge is 0.191 e. The third-order valence-electron chi connectivity index (χ3n) is 4.92. The minimum Gasteiger partial charge on any atom is -0.489 e. The molecule has 1 fully saturated rings. The first-order valence-electron chi connectivity index (χ1n) is 10.4. The molecule has 1 aromatic carbocycles. The zero-order valence-corrected chi connectivity index (χ0v) is 19.0. The normalized spacial score (nSPS) is 17.7. The van der Waals surface area contributed by atoms with E-state index in [0.29, 0.717) is 19.1 Å². The molecule has 1 saturated heterocycles. The van der Waals surface area contributed by atoms with Gasteiger partial charge in [-0.2, -0.15) is 0 Å². The lowest BCUT2D eigenvalue weighted by Crippen LogP contribution is -2.49. The highest BCUT2D eigenvalue weighted by atomic mass is 32.2. The summed E-state index contributed by atoms with van der Waals surface area (Å²) in [6.45, 7) is 9.92. The highest BCUT2D eigenvalue weighted by molar-refractivity contribution is 7.90. The van der Waals surface area contributed by atoms with Crippen molar-refractivity contribution in [3.05, 3.63) is 29.8 Å². The predicted octanol–water partition coefficient (Wildman–Crippen LogP) is 1.83. The largest absolute Gasteiger partial charge is 0.489 e. The number of aryl methyl sites for hydroxylation is 1. The first-order chi connectivity index (χ1) is 13.7. The van der Waals surface area contributed by atoms with Gasteiger partial charge in [-0.25, -0.2) is 13.4 Å². The molecule has 1 aliphatic heterocycles. The van der Waals surface area contributed by atoms with E-state index in [1.807, 2.05) is 31.2 Å². The van der Waals surface area contributed by atoms with E-state index in [4.69, 9.17) is 4.74 Å². The van der Waals surface area contributed by atoms with Crippen LogP contribution in [0.3, 0.4) is 0 Å². The van der Waals surface area contributed by atoms with E-state index in [1.165, 1.54) is 11.8 Å². The molecule has 0 bridgehead atoms. The zero-order chi connectivity index (χ0) is 21.3. The number of rotatable bonds is 9. The Kier molecular flexibility index (Phi) is 9.23. The van der Waals surface area contributed by atoms with Crippen LogP contribution >= 0.6 is 0 Å². The van der Waals surface area contributed by atoms with E-state index < -0.39 is 9.84 Å². The molecule has 0 spiro atoms. The van der Waals surface area contributed by atoms with Gasteiger partial charge in [0.25, 0.3) is 0 Å². The number of likely N-dealkylation sites (tertiary alicyclic amines) is 1. The van der Waals surface area contributed by atoms with Gasteiger partial charge in [0.15, 0.2) is 5.96 Å². The number of ether oxygens (including phenoxy) is 1. The Morgan fingerprint density at radius 2 is 1.93 bits per heavy atom. The van der Waals surface area contributed by atoms with E-state index in [9.17, 15) is 8.42 Å². The Morgan fingerprint density at radius 3 is 2.52 bits per heavy atom. The summed E-state index contributed by atoms with van der Waals surface area (Å²) in [6.07, 6.45) is 3.23. The number of guanidine groups is 1. The predicted molar refractivity (Wildman–Crippen MR) is 120 cm³/mol. The van der Waals surface area contributed by atoms with Gasteiger partial charge in [-0.1, -0.05) is 17.7 Å². The van der Waals surface area contributed by atoms with Crippen molar-refractivity contribution < 1.29 is 13.2 Å². The van der Waals surface area contributed by atoms with Crippen molar-refractivity contribution in [1.29, 1.82) is 0 Å². The maximum atomic E-state index is 11.3. The first kappa shape index (κ1) is 23.5. The number of sulfone groups is 1. The standard InChI is InChI=1S/C21H36N4O3S/c1-5-22-21(23-16-18(3)28-20-8-6-17(2)7-9-20)24-19-10-12-25(13-11-19)14-15-29(4,26)27/h6-9,18-19H,5,10-16H2,1-4H3,(H2,22,23,24). The maximum Gasteiger partial charge on any atom is 0.191 e. The molecule has 0 radical (unpaired) electrons. The quantitative estimate of drug-likeness (QED) is 0.465.